The van der Waals surface area contributed by atoms with Crippen molar-refractivity contribution >= 4 is 23.4 Å². The van der Waals surface area contributed by atoms with Gasteiger partial charge < -0.3 is 20.3 Å². The predicted octanol–water partition coefficient (Wildman–Crippen LogP) is 1.16. The number of nitrogens with two attached hydrogens (primary N) is 1. The average Bonchev–Trinajstić information content (AvgIpc) is 3.04. The number of ether oxygens (including phenoxy) is 1. The van der Waals surface area contributed by atoms with Gasteiger partial charge in [0, 0.05) is 31.7 Å². The normalized spacial score (nSPS) is 23.2. The summed E-state index contributed by atoms with van der Waals surface area (Å²) >= 11 is 0. The second-order valence-electron chi connectivity index (χ2n) is 6.86. The molecule has 2 fully saturated rings. The summed E-state index contributed by atoms with van der Waals surface area (Å²) in [5.41, 5.74) is 6.15. The van der Waals surface area contributed by atoms with Crippen molar-refractivity contribution in [3.8, 4) is 5.75 Å². The van der Waals surface area contributed by atoms with Crippen LogP contribution in [-0.2, 0) is 14.4 Å². The molecule has 7 nitrogen and oxygen atoms in total. The Morgan fingerprint density at radius 3 is 2.58 bits per heavy atom. The molecule has 2 aliphatic heterocycles. The second kappa shape index (κ2) is 7.76. The summed E-state index contributed by atoms with van der Waals surface area (Å²) < 4.78 is 5.42. The highest BCUT2D eigenvalue weighted by Gasteiger charge is 2.38. The van der Waals surface area contributed by atoms with Crippen molar-refractivity contribution in [3.63, 3.8) is 0 Å². The molecule has 2 saturated heterocycles. The summed E-state index contributed by atoms with van der Waals surface area (Å²) in [5, 5.41) is 0. The third-order valence-electron chi connectivity index (χ3n) is 5.07. The van der Waals surface area contributed by atoms with Crippen molar-refractivity contribution in [2.75, 3.05) is 31.1 Å². The third kappa shape index (κ3) is 3.81. The Labute approximate surface area is 153 Å². The number of hydrogen-bond donors (Lipinski definition) is 1. The zero-order chi connectivity index (χ0) is 18.7. The van der Waals surface area contributed by atoms with E-state index < -0.39 is 0 Å². The van der Waals surface area contributed by atoms with Crippen molar-refractivity contribution in [1.82, 2.24) is 4.90 Å². The standard InChI is InChI=1S/C19H25N3O4/c1-2-26-16-7-5-15(6-8-16)22-12-14(10-17(22)23)19(25)21-9-3-4-13(11-21)18(20)24/h5-8,13-14H,2-4,9-12H2,1H3,(H2,20,24)/t13-,14-/m1/s1. The molecule has 2 heterocycles. The molecule has 0 unspecified atom stereocenters. The molecule has 0 aromatic heterocycles. The van der Waals surface area contributed by atoms with Crippen LogP contribution in [0.3, 0.4) is 0 Å². The van der Waals surface area contributed by atoms with Gasteiger partial charge in [0.15, 0.2) is 0 Å². The molecule has 2 aliphatic rings. The molecular formula is C19H25N3O4. The van der Waals surface area contributed by atoms with Crippen LogP contribution in [0.2, 0.25) is 0 Å². The van der Waals surface area contributed by atoms with Crippen molar-refractivity contribution in [2.45, 2.75) is 26.2 Å². The van der Waals surface area contributed by atoms with Crippen LogP contribution in [-0.4, -0.2) is 48.9 Å². The van der Waals surface area contributed by atoms with E-state index in [1.54, 1.807) is 9.80 Å². The molecule has 26 heavy (non-hydrogen) atoms. The van der Waals surface area contributed by atoms with Crippen LogP contribution in [0.1, 0.15) is 26.2 Å². The number of carbonyl (C=O) groups excluding carboxylic acids is 3. The molecule has 3 amide bonds. The van der Waals surface area contributed by atoms with Crippen LogP contribution in [0, 0.1) is 11.8 Å². The number of anilines is 1. The fraction of sp³-hybridized carbons (Fsp3) is 0.526. The molecule has 1 aromatic carbocycles. The van der Waals surface area contributed by atoms with Crippen molar-refractivity contribution in [2.24, 2.45) is 17.6 Å². The first-order chi connectivity index (χ1) is 12.5. The number of piperidine rings is 1. The summed E-state index contributed by atoms with van der Waals surface area (Å²) in [4.78, 5) is 40.0. The molecule has 0 spiro atoms. The predicted molar refractivity (Wildman–Crippen MR) is 96.6 cm³/mol. The van der Waals surface area contributed by atoms with E-state index in [4.69, 9.17) is 10.5 Å². The van der Waals surface area contributed by atoms with E-state index in [9.17, 15) is 14.4 Å². The topological polar surface area (TPSA) is 92.9 Å². The Morgan fingerprint density at radius 2 is 1.92 bits per heavy atom. The fourth-order valence-electron chi connectivity index (χ4n) is 3.68. The molecular weight excluding hydrogens is 334 g/mol. The molecule has 2 atom stereocenters. The van der Waals surface area contributed by atoms with Gasteiger partial charge in [0.2, 0.25) is 17.7 Å². The molecule has 3 rings (SSSR count). The molecule has 0 saturated carbocycles. The highest BCUT2D eigenvalue weighted by Crippen LogP contribution is 2.29. The van der Waals surface area contributed by atoms with E-state index in [1.165, 1.54) is 0 Å². The monoisotopic (exact) mass is 359 g/mol. The molecule has 0 bridgehead atoms. The summed E-state index contributed by atoms with van der Waals surface area (Å²) in [6.45, 7) is 3.85. The van der Waals surface area contributed by atoms with Crippen LogP contribution in [0.4, 0.5) is 5.69 Å². The van der Waals surface area contributed by atoms with Crippen molar-refractivity contribution in [1.29, 1.82) is 0 Å². The quantitative estimate of drug-likeness (QED) is 0.854. The zero-order valence-electron chi connectivity index (χ0n) is 15.0. The van der Waals surface area contributed by atoms with E-state index in [1.807, 2.05) is 31.2 Å². The van der Waals surface area contributed by atoms with Crippen molar-refractivity contribution in [3.05, 3.63) is 24.3 Å². The number of hydrogen-bond acceptors (Lipinski definition) is 4. The molecule has 0 aliphatic carbocycles. The lowest BCUT2D eigenvalue weighted by atomic mass is 9.96. The first kappa shape index (κ1) is 18.2. The summed E-state index contributed by atoms with van der Waals surface area (Å²) in [5.74, 6) is -0.385. The molecule has 1 aromatic rings. The van der Waals surface area contributed by atoms with E-state index in [-0.39, 0.29) is 36.0 Å². The first-order valence-corrected chi connectivity index (χ1v) is 9.11. The van der Waals surface area contributed by atoms with Gasteiger partial charge in [0.25, 0.3) is 0 Å². The van der Waals surface area contributed by atoms with Crippen LogP contribution >= 0.6 is 0 Å². The Hall–Kier alpha value is -2.57. The lowest BCUT2D eigenvalue weighted by Crippen LogP contribution is -2.46. The summed E-state index contributed by atoms with van der Waals surface area (Å²) in [6.07, 6.45) is 1.69. The maximum Gasteiger partial charge on any atom is 0.228 e. The minimum atomic E-state index is -0.374. The number of benzene rings is 1. The molecule has 140 valence electrons. The Bertz CT molecular complexity index is 689. The van der Waals surface area contributed by atoms with E-state index >= 15 is 0 Å². The average molecular weight is 359 g/mol. The SMILES string of the molecule is CCOc1ccc(N2C[C@H](C(=O)N3CCC[C@@H](C(N)=O)C3)CC2=O)cc1. The van der Waals surface area contributed by atoms with E-state index in [0.717, 1.165) is 24.3 Å². The van der Waals surface area contributed by atoms with Gasteiger partial charge in [-0.2, -0.15) is 0 Å². The van der Waals surface area contributed by atoms with Crippen molar-refractivity contribution < 1.29 is 19.1 Å². The van der Waals surface area contributed by atoms with Gasteiger partial charge in [-0.15, -0.1) is 0 Å². The van der Waals surface area contributed by atoms with Gasteiger partial charge in [-0.25, -0.2) is 0 Å². The van der Waals surface area contributed by atoms with Crippen LogP contribution in [0.15, 0.2) is 24.3 Å². The van der Waals surface area contributed by atoms with Gasteiger partial charge >= 0.3 is 0 Å². The smallest absolute Gasteiger partial charge is 0.228 e. The maximum absolute atomic E-state index is 12.8. The number of amides is 3. The van der Waals surface area contributed by atoms with Gasteiger partial charge in [0.05, 0.1) is 18.4 Å². The largest absolute Gasteiger partial charge is 0.494 e. The zero-order valence-corrected chi connectivity index (χ0v) is 15.0. The highest BCUT2D eigenvalue weighted by atomic mass is 16.5. The van der Waals surface area contributed by atoms with Gasteiger partial charge in [-0.1, -0.05) is 0 Å². The minimum Gasteiger partial charge on any atom is -0.494 e. The van der Waals surface area contributed by atoms with Gasteiger partial charge in [-0.3, -0.25) is 14.4 Å². The van der Waals surface area contributed by atoms with Crippen LogP contribution < -0.4 is 15.4 Å². The van der Waals surface area contributed by atoms with E-state index in [2.05, 4.69) is 0 Å². The number of rotatable bonds is 5. The highest BCUT2D eigenvalue weighted by molar-refractivity contribution is 6.00. The Balaban J connectivity index is 1.65. The number of likely N-dealkylation sites (tertiary alicyclic amines) is 1. The molecule has 0 radical (unpaired) electrons. The number of primary amides is 1. The summed E-state index contributed by atoms with van der Waals surface area (Å²) in [7, 11) is 0. The van der Waals surface area contributed by atoms with E-state index in [0.29, 0.717) is 26.2 Å². The molecule has 7 heteroatoms. The lowest BCUT2D eigenvalue weighted by Gasteiger charge is -2.32. The first-order valence-electron chi connectivity index (χ1n) is 9.11. The lowest BCUT2D eigenvalue weighted by molar-refractivity contribution is -0.139. The number of nitrogens with zero attached hydrogens (tertiary/aromatic N) is 2. The fourth-order valence-corrected chi connectivity index (χ4v) is 3.68. The summed E-state index contributed by atoms with van der Waals surface area (Å²) in [6, 6.07) is 7.31. The van der Waals surface area contributed by atoms with Gasteiger partial charge in [0.1, 0.15) is 5.75 Å². The molecule has 2 N–H and O–H groups in total. The Morgan fingerprint density at radius 1 is 1.19 bits per heavy atom. The minimum absolute atomic E-state index is 0.0577. The second-order valence-corrected chi connectivity index (χ2v) is 6.86. The maximum atomic E-state index is 12.8. The number of carbonyl (C=O) groups is 3. The third-order valence-corrected chi connectivity index (χ3v) is 5.07. The van der Waals surface area contributed by atoms with Gasteiger partial charge in [-0.05, 0) is 44.0 Å². The Kier molecular flexibility index (Phi) is 5.44. The van der Waals surface area contributed by atoms with Crippen LogP contribution in [0.25, 0.3) is 0 Å². The van der Waals surface area contributed by atoms with Crippen LogP contribution in [0.5, 0.6) is 5.75 Å².